The van der Waals surface area contributed by atoms with Crippen LogP contribution in [0.4, 0.5) is 4.79 Å². The van der Waals surface area contributed by atoms with E-state index in [0.29, 0.717) is 32.6 Å². The summed E-state index contributed by atoms with van der Waals surface area (Å²) in [6.45, 7) is 9.64. The molecule has 1 aliphatic heterocycles. The van der Waals surface area contributed by atoms with Gasteiger partial charge in [0, 0.05) is 54.8 Å². The first-order valence-electron chi connectivity index (χ1n) is 14.7. The number of rotatable bonds is 7. The van der Waals surface area contributed by atoms with Gasteiger partial charge < -0.3 is 14.6 Å². The number of ether oxygens (including phenoxy) is 1. The number of aromatic nitrogens is 3. The lowest BCUT2D eigenvalue weighted by atomic mass is 9.89. The van der Waals surface area contributed by atoms with Crippen LogP contribution >= 0.6 is 27.5 Å². The van der Waals surface area contributed by atoms with Crippen molar-refractivity contribution >= 4 is 39.5 Å². The van der Waals surface area contributed by atoms with Gasteiger partial charge in [-0.2, -0.15) is 0 Å². The Bertz CT molecular complexity index is 1360. The van der Waals surface area contributed by atoms with E-state index >= 15 is 0 Å². The maximum atomic E-state index is 13.8. The number of alkyl halides is 1. The molecule has 3 heterocycles. The highest BCUT2D eigenvalue weighted by Crippen LogP contribution is 2.42. The number of allylic oxidation sites excluding steroid dienone is 2. The number of hydrogen-bond donors (Lipinski definition) is 1. The number of carbonyl (C=O) groups is 2. The molecule has 0 bridgehead atoms. The molecule has 3 aliphatic rings. The number of halogens is 2. The maximum absolute atomic E-state index is 13.8. The van der Waals surface area contributed by atoms with E-state index in [-0.39, 0.29) is 29.0 Å². The van der Waals surface area contributed by atoms with Crippen molar-refractivity contribution < 1.29 is 14.3 Å². The van der Waals surface area contributed by atoms with E-state index in [1.54, 1.807) is 17.4 Å². The van der Waals surface area contributed by atoms with Gasteiger partial charge in [0.25, 0.3) is 0 Å². The van der Waals surface area contributed by atoms with Gasteiger partial charge in [0.05, 0.1) is 29.5 Å². The number of nitrogens with one attached hydrogen (secondary N) is 1. The van der Waals surface area contributed by atoms with Crippen LogP contribution in [0.5, 0.6) is 0 Å². The minimum Gasteiger partial charge on any atom is -0.447 e. The molecule has 5 rings (SSSR count). The second-order valence-electron chi connectivity index (χ2n) is 12.2. The molecule has 0 saturated carbocycles. The first kappa shape index (κ1) is 30.8. The number of piperazine rings is 1. The van der Waals surface area contributed by atoms with Crippen LogP contribution in [0.25, 0.3) is 0 Å². The summed E-state index contributed by atoms with van der Waals surface area (Å²) in [5.74, 6) is -0.186. The van der Waals surface area contributed by atoms with Crippen LogP contribution in [0.1, 0.15) is 64.3 Å². The van der Waals surface area contributed by atoms with Crippen LogP contribution in [-0.4, -0.2) is 80.0 Å². The molecule has 2 aliphatic carbocycles. The fourth-order valence-corrected chi connectivity index (χ4v) is 6.76. The van der Waals surface area contributed by atoms with Crippen LogP contribution in [0.2, 0.25) is 0 Å². The van der Waals surface area contributed by atoms with E-state index in [1.165, 1.54) is 16.7 Å². The molecule has 0 spiro atoms. The molecule has 0 aromatic carbocycles. The molecule has 42 heavy (non-hydrogen) atoms. The Morgan fingerprint density at radius 3 is 2.81 bits per heavy atom. The predicted molar refractivity (Wildman–Crippen MR) is 166 cm³/mol. The van der Waals surface area contributed by atoms with Crippen LogP contribution in [0, 0.1) is 0 Å². The minimum atomic E-state index is -0.707. The number of fused-ring (bicyclic) bond motifs is 1. The zero-order valence-corrected chi connectivity index (χ0v) is 27.1. The third-order valence-corrected chi connectivity index (χ3v) is 9.18. The van der Waals surface area contributed by atoms with Crippen molar-refractivity contribution in [2.45, 2.75) is 82.5 Å². The lowest BCUT2D eigenvalue weighted by molar-refractivity contribution is -0.128. The topological polar surface area (TPSA) is 92.6 Å². The van der Waals surface area contributed by atoms with Crippen molar-refractivity contribution in [1.82, 2.24) is 29.7 Å². The van der Waals surface area contributed by atoms with Crippen molar-refractivity contribution in [3.63, 3.8) is 0 Å². The van der Waals surface area contributed by atoms with Crippen molar-refractivity contribution in [3.05, 3.63) is 70.0 Å². The van der Waals surface area contributed by atoms with Crippen LogP contribution < -0.4 is 5.32 Å². The van der Waals surface area contributed by atoms with Crippen molar-refractivity contribution in [2.24, 2.45) is 0 Å². The number of amides is 2. The second-order valence-corrected chi connectivity index (χ2v) is 13.7. The van der Waals surface area contributed by atoms with Gasteiger partial charge in [-0.25, -0.2) is 9.78 Å². The first-order chi connectivity index (χ1) is 20.0. The maximum Gasteiger partial charge on any atom is 0.410 e. The molecule has 2 aromatic heterocycles. The van der Waals surface area contributed by atoms with E-state index in [9.17, 15) is 9.59 Å². The zero-order chi connectivity index (χ0) is 30.0. The van der Waals surface area contributed by atoms with Crippen molar-refractivity contribution in [2.75, 3.05) is 26.2 Å². The molecule has 1 fully saturated rings. The van der Waals surface area contributed by atoms with Crippen molar-refractivity contribution in [1.29, 1.82) is 0 Å². The summed E-state index contributed by atoms with van der Waals surface area (Å²) in [7, 11) is 0. The predicted octanol–water partition coefficient (Wildman–Crippen LogP) is 5.36. The molecule has 226 valence electrons. The minimum absolute atomic E-state index is 0.0296. The SMILES string of the molecule is CC(C)OC(=O)N1CCN([C@H]2C3=C(CCc4cc(Br)cnc42)CC(Cl)C=C3)C[C@@H]1C(=O)NCCC(C)(C)n1ccnc1. The Kier molecular flexibility index (Phi) is 9.44. The third-order valence-electron chi connectivity index (χ3n) is 8.44. The summed E-state index contributed by atoms with van der Waals surface area (Å²) in [6.07, 6.45) is 14.1. The van der Waals surface area contributed by atoms with Gasteiger partial charge >= 0.3 is 6.09 Å². The van der Waals surface area contributed by atoms with Gasteiger partial charge in [0.15, 0.2) is 0 Å². The standard InChI is InChI=1S/C31H40BrClN6O3/c1-20(2)42-30(41)39-14-13-37(18-26(39)29(40)35-10-9-31(3,4)38-12-11-34-19-38)28-25-8-7-24(33)16-21(25)5-6-22-15-23(32)17-36-27(22)28/h7-8,11-12,15,17,19-20,24,26,28H,5-6,9-10,13-14,16,18H2,1-4H3,(H,35,40)/t24?,26-,28+/m1/s1. The highest BCUT2D eigenvalue weighted by atomic mass is 79.9. The number of aryl methyl sites for hydroxylation is 1. The lowest BCUT2D eigenvalue weighted by Gasteiger charge is -2.44. The molecule has 3 atom stereocenters. The smallest absolute Gasteiger partial charge is 0.410 e. The third kappa shape index (κ3) is 6.76. The fraction of sp³-hybridized carbons (Fsp3) is 0.548. The normalized spacial score (nSPS) is 22.9. The Morgan fingerprint density at radius 2 is 2.07 bits per heavy atom. The van der Waals surface area contributed by atoms with Crippen LogP contribution in [-0.2, 0) is 21.5 Å². The number of imidazole rings is 1. The average Bonchev–Trinajstić information content (AvgIpc) is 3.45. The van der Waals surface area contributed by atoms with Crippen molar-refractivity contribution in [3.8, 4) is 0 Å². The van der Waals surface area contributed by atoms with E-state index in [4.69, 9.17) is 21.3 Å². The van der Waals surface area contributed by atoms with Crippen LogP contribution in [0.15, 0.2) is 58.8 Å². The first-order valence-corrected chi connectivity index (χ1v) is 15.9. The average molecular weight is 660 g/mol. The fourth-order valence-electron chi connectivity index (χ4n) is 6.13. The highest BCUT2D eigenvalue weighted by molar-refractivity contribution is 9.10. The Labute approximate surface area is 261 Å². The lowest BCUT2D eigenvalue weighted by Crippen LogP contribution is -2.61. The molecule has 9 nitrogen and oxygen atoms in total. The summed E-state index contributed by atoms with van der Waals surface area (Å²) in [5.41, 5.74) is 4.51. The summed E-state index contributed by atoms with van der Waals surface area (Å²) in [5, 5.41) is 3.09. The van der Waals surface area contributed by atoms with Gasteiger partial charge in [-0.15, -0.1) is 11.6 Å². The molecule has 1 saturated heterocycles. The molecule has 1 N–H and O–H groups in total. The molecule has 2 amide bonds. The summed E-state index contributed by atoms with van der Waals surface area (Å²) in [6, 6.07) is 1.31. The monoisotopic (exact) mass is 658 g/mol. The molecule has 0 radical (unpaired) electrons. The molecule has 1 unspecified atom stereocenters. The molecule has 11 heteroatoms. The quantitative estimate of drug-likeness (QED) is 0.403. The molecule has 2 aromatic rings. The highest BCUT2D eigenvalue weighted by Gasteiger charge is 2.41. The zero-order valence-electron chi connectivity index (χ0n) is 24.7. The number of hydrogen-bond acceptors (Lipinski definition) is 6. The van der Waals surface area contributed by atoms with Gasteiger partial charge in [-0.1, -0.05) is 17.7 Å². The van der Waals surface area contributed by atoms with E-state index in [0.717, 1.165) is 29.4 Å². The Morgan fingerprint density at radius 1 is 1.26 bits per heavy atom. The van der Waals surface area contributed by atoms with E-state index < -0.39 is 12.1 Å². The Hall–Kier alpha value is -2.69. The van der Waals surface area contributed by atoms with Gasteiger partial charge in [-0.05, 0) is 86.5 Å². The summed E-state index contributed by atoms with van der Waals surface area (Å²) < 4.78 is 8.56. The van der Waals surface area contributed by atoms with Crippen LogP contribution in [0.3, 0.4) is 0 Å². The molecular formula is C31H40BrClN6O3. The molecular weight excluding hydrogens is 620 g/mol. The van der Waals surface area contributed by atoms with E-state index in [2.05, 4.69) is 63.2 Å². The number of nitrogens with zero attached hydrogens (tertiary/aromatic N) is 5. The largest absolute Gasteiger partial charge is 0.447 e. The second kappa shape index (κ2) is 12.9. The number of carbonyl (C=O) groups excluding carboxylic acids is 2. The summed E-state index contributed by atoms with van der Waals surface area (Å²) >= 11 is 10.2. The van der Waals surface area contributed by atoms with Gasteiger partial charge in [0.1, 0.15) is 6.04 Å². The van der Waals surface area contributed by atoms with Gasteiger partial charge in [-0.3, -0.25) is 19.6 Å². The number of pyridine rings is 1. The Balaban J connectivity index is 1.41. The summed E-state index contributed by atoms with van der Waals surface area (Å²) in [4.78, 5) is 40.0. The van der Waals surface area contributed by atoms with E-state index in [1.807, 2.05) is 30.8 Å². The van der Waals surface area contributed by atoms with Gasteiger partial charge in [0.2, 0.25) is 5.91 Å².